The molecule has 0 aliphatic heterocycles. The topological polar surface area (TPSA) is 69.6 Å². The molecule has 0 radical (unpaired) electrons. The molecule has 1 rings (SSSR count). The lowest BCUT2D eigenvalue weighted by molar-refractivity contribution is -0.136. The van der Waals surface area contributed by atoms with E-state index in [1.54, 1.807) is 29.2 Å². The number of carbonyl (C=O) groups excluding carboxylic acids is 1. The third kappa shape index (κ3) is 5.85. The van der Waals surface area contributed by atoms with Gasteiger partial charge in [-0.3, -0.25) is 4.79 Å². The average molecular weight is 292 g/mol. The first-order valence-corrected chi connectivity index (χ1v) is 7.32. The minimum Gasteiger partial charge on any atom is -0.481 e. The van der Waals surface area contributed by atoms with E-state index in [0.717, 1.165) is 13.0 Å². The highest BCUT2D eigenvalue weighted by molar-refractivity contribution is 5.89. The van der Waals surface area contributed by atoms with Crippen molar-refractivity contribution in [3.8, 4) is 0 Å². The van der Waals surface area contributed by atoms with Crippen molar-refractivity contribution in [3.05, 3.63) is 29.8 Å². The van der Waals surface area contributed by atoms with Gasteiger partial charge in [-0.2, -0.15) is 0 Å². The number of carbonyl (C=O) groups is 2. The minimum atomic E-state index is -0.863. The molecule has 0 spiro atoms. The summed E-state index contributed by atoms with van der Waals surface area (Å²) in [5.41, 5.74) is 1.39. The molecule has 5 heteroatoms. The van der Waals surface area contributed by atoms with Crippen LogP contribution in [0.2, 0.25) is 0 Å². The lowest BCUT2D eigenvalue weighted by Gasteiger charge is -2.24. The highest BCUT2D eigenvalue weighted by atomic mass is 16.4. The van der Waals surface area contributed by atoms with Crippen LogP contribution in [0, 0.1) is 5.92 Å². The van der Waals surface area contributed by atoms with E-state index >= 15 is 0 Å². The Balaban J connectivity index is 2.62. The number of nitrogens with zero attached hydrogens (tertiary/aromatic N) is 1. The van der Waals surface area contributed by atoms with Crippen molar-refractivity contribution in [2.75, 3.05) is 18.4 Å². The van der Waals surface area contributed by atoms with Crippen LogP contribution in [0.5, 0.6) is 0 Å². The number of anilines is 1. The van der Waals surface area contributed by atoms with Gasteiger partial charge in [-0.25, -0.2) is 4.79 Å². The summed E-state index contributed by atoms with van der Waals surface area (Å²) in [7, 11) is 0. The van der Waals surface area contributed by atoms with Gasteiger partial charge in [-0.15, -0.1) is 0 Å². The molecule has 0 fully saturated rings. The zero-order chi connectivity index (χ0) is 15.8. The summed E-state index contributed by atoms with van der Waals surface area (Å²) in [6, 6.07) is 6.77. The van der Waals surface area contributed by atoms with Gasteiger partial charge in [0.25, 0.3) is 0 Å². The Morgan fingerprint density at radius 1 is 1.24 bits per heavy atom. The molecule has 0 bridgehead atoms. The number of carboxylic acids is 1. The number of hydrogen-bond donors (Lipinski definition) is 2. The lowest BCUT2D eigenvalue weighted by Crippen LogP contribution is -2.37. The molecule has 0 heterocycles. The van der Waals surface area contributed by atoms with Crippen LogP contribution in [0.4, 0.5) is 10.5 Å². The van der Waals surface area contributed by atoms with Crippen LogP contribution in [-0.4, -0.2) is 35.1 Å². The second-order valence-corrected chi connectivity index (χ2v) is 5.25. The highest BCUT2D eigenvalue weighted by Crippen LogP contribution is 2.12. The van der Waals surface area contributed by atoms with Gasteiger partial charge >= 0.3 is 12.0 Å². The number of hydrogen-bond acceptors (Lipinski definition) is 2. The molecule has 0 saturated carbocycles. The fraction of sp³-hybridized carbons (Fsp3) is 0.500. The molecular weight excluding hydrogens is 268 g/mol. The predicted molar refractivity (Wildman–Crippen MR) is 83.5 cm³/mol. The van der Waals surface area contributed by atoms with Crippen LogP contribution in [0.3, 0.4) is 0 Å². The molecule has 1 unspecified atom stereocenters. The lowest BCUT2D eigenvalue weighted by atomic mass is 10.1. The number of benzene rings is 1. The van der Waals surface area contributed by atoms with Crippen LogP contribution in [-0.2, 0) is 11.2 Å². The second kappa shape index (κ2) is 8.29. The van der Waals surface area contributed by atoms with E-state index in [4.69, 9.17) is 5.11 Å². The van der Waals surface area contributed by atoms with E-state index in [-0.39, 0.29) is 12.5 Å². The van der Waals surface area contributed by atoms with Gasteiger partial charge in [0, 0.05) is 18.8 Å². The zero-order valence-electron chi connectivity index (χ0n) is 12.9. The maximum absolute atomic E-state index is 12.2. The van der Waals surface area contributed by atoms with Crippen LogP contribution in [0.1, 0.15) is 32.8 Å². The van der Waals surface area contributed by atoms with Gasteiger partial charge in [-0.05, 0) is 30.5 Å². The number of aliphatic carboxylic acids is 1. The summed E-state index contributed by atoms with van der Waals surface area (Å²) in [6.45, 7) is 7.58. The van der Waals surface area contributed by atoms with E-state index < -0.39 is 5.97 Å². The number of urea groups is 1. The summed E-state index contributed by atoms with van der Waals surface area (Å²) in [6.07, 6.45) is 1.02. The summed E-state index contributed by atoms with van der Waals surface area (Å²) in [5, 5.41) is 11.6. The predicted octanol–water partition coefficient (Wildman–Crippen LogP) is 3.21. The van der Waals surface area contributed by atoms with Crippen molar-refractivity contribution >= 4 is 17.7 Å². The summed E-state index contributed by atoms with van der Waals surface area (Å²) >= 11 is 0. The first-order valence-electron chi connectivity index (χ1n) is 7.32. The summed E-state index contributed by atoms with van der Waals surface area (Å²) in [5.74, 6) is -0.397. The number of amides is 2. The summed E-state index contributed by atoms with van der Waals surface area (Å²) in [4.78, 5) is 24.6. The Morgan fingerprint density at radius 3 is 2.33 bits per heavy atom. The maximum atomic E-state index is 12.2. The minimum absolute atomic E-state index is 0.0106. The van der Waals surface area contributed by atoms with E-state index in [0.29, 0.717) is 23.7 Å². The third-order valence-corrected chi connectivity index (χ3v) is 3.46. The van der Waals surface area contributed by atoms with Crippen molar-refractivity contribution in [2.45, 2.75) is 33.6 Å². The highest BCUT2D eigenvalue weighted by Gasteiger charge is 2.14. The van der Waals surface area contributed by atoms with Gasteiger partial charge in [0.15, 0.2) is 0 Å². The van der Waals surface area contributed by atoms with E-state index in [1.807, 2.05) is 6.92 Å². The van der Waals surface area contributed by atoms with Gasteiger partial charge in [0.2, 0.25) is 0 Å². The van der Waals surface area contributed by atoms with Crippen LogP contribution in [0.25, 0.3) is 0 Å². The number of rotatable bonds is 7. The molecule has 2 N–H and O–H groups in total. The molecule has 1 aromatic rings. The van der Waals surface area contributed by atoms with E-state index in [2.05, 4.69) is 19.2 Å². The smallest absolute Gasteiger partial charge is 0.321 e. The molecule has 1 atom stereocenters. The molecule has 0 aliphatic carbocycles. The molecule has 2 amide bonds. The molecule has 116 valence electrons. The van der Waals surface area contributed by atoms with E-state index in [9.17, 15) is 9.59 Å². The van der Waals surface area contributed by atoms with Gasteiger partial charge in [-0.1, -0.05) is 32.4 Å². The number of carboxylic acid groups (broad SMARTS) is 1. The summed E-state index contributed by atoms with van der Waals surface area (Å²) < 4.78 is 0. The Labute approximate surface area is 126 Å². The molecule has 0 aliphatic rings. The zero-order valence-corrected chi connectivity index (χ0v) is 12.9. The van der Waals surface area contributed by atoms with Crippen molar-refractivity contribution in [1.29, 1.82) is 0 Å². The average Bonchev–Trinajstić information content (AvgIpc) is 2.45. The first-order chi connectivity index (χ1) is 9.96. The Kier molecular flexibility index (Phi) is 6.72. The molecule has 1 aromatic carbocycles. The normalized spacial score (nSPS) is 11.8. The molecule has 0 aromatic heterocycles. The fourth-order valence-corrected chi connectivity index (χ4v) is 1.94. The standard InChI is InChI=1S/C16H24N2O3/c1-4-12(3)11-18(5-2)16(21)17-14-8-6-13(7-9-14)10-15(19)20/h6-9,12H,4-5,10-11H2,1-3H3,(H,17,21)(H,19,20). The Bertz CT molecular complexity index is 471. The third-order valence-electron chi connectivity index (χ3n) is 3.46. The fourth-order valence-electron chi connectivity index (χ4n) is 1.94. The van der Waals surface area contributed by atoms with Gasteiger partial charge < -0.3 is 15.3 Å². The van der Waals surface area contributed by atoms with Crippen LogP contribution < -0.4 is 5.32 Å². The second-order valence-electron chi connectivity index (χ2n) is 5.25. The van der Waals surface area contributed by atoms with Crippen molar-refractivity contribution in [3.63, 3.8) is 0 Å². The Morgan fingerprint density at radius 2 is 1.86 bits per heavy atom. The van der Waals surface area contributed by atoms with Crippen molar-refractivity contribution in [2.24, 2.45) is 5.92 Å². The SMILES string of the molecule is CCC(C)CN(CC)C(=O)Nc1ccc(CC(=O)O)cc1. The molecular formula is C16H24N2O3. The monoisotopic (exact) mass is 292 g/mol. The van der Waals surface area contributed by atoms with Gasteiger partial charge in [0.05, 0.1) is 6.42 Å². The molecule has 0 saturated heterocycles. The van der Waals surface area contributed by atoms with Crippen LogP contribution in [0.15, 0.2) is 24.3 Å². The van der Waals surface area contributed by atoms with Crippen molar-refractivity contribution in [1.82, 2.24) is 4.90 Å². The van der Waals surface area contributed by atoms with E-state index in [1.165, 1.54) is 0 Å². The first kappa shape index (κ1) is 17.0. The molecule has 5 nitrogen and oxygen atoms in total. The molecule has 21 heavy (non-hydrogen) atoms. The van der Waals surface area contributed by atoms with Gasteiger partial charge in [0.1, 0.15) is 0 Å². The number of nitrogens with one attached hydrogen (secondary N) is 1. The maximum Gasteiger partial charge on any atom is 0.321 e. The Hall–Kier alpha value is -2.04. The van der Waals surface area contributed by atoms with Crippen molar-refractivity contribution < 1.29 is 14.7 Å². The quantitative estimate of drug-likeness (QED) is 0.810. The largest absolute Gasteiger partial charge is 0.481 e. The van der Waals surface area contributed by atoms with Crippen LogP contribution >= 0.6 is 0 Å².